The molecule has 0 saturated carbocycles. The quantitative estimate of drug-likeness (QED) is 0.0938. The lowest BCUT2D eigenvalue weighted by molar-refractivity contribution is -0.268. The molecule has 0 spiro atoms. The van der Waals surface area contributed by atoms with E-state index in [0.29, 0.717) is 4.57 Å². The number of aromatic amines is 1. The van der Waals surface area contributed by atoms with Crippen molar-refractivity contribution in [3.05, 3.63) is 33.1 Å². The number of alkyl halides is 1. The minimum Gasteiger partial charge on any atom is -0.394 e. The molecule has 0 aliphatic carbocycles. The molecule has 1 aromatic heterocycles. The number of phosphoric acid groups is 2. The van der Waals surface area contributed by atoms with Crippen LogP contribution in [-0.4, -0.2) is 133 Å². The maximum atomic E-state index is 13.9. The Balaban J connectivity index is 0.000000919. The summed E-state index contributed by atoms with van der Waals surface area (Å²) in [7, 11) is -11.2. The fourth-order valence-electron chi connectivity index (χ4n) is 3.83. The van der Waals surface area contributed by atoms with Crippen LogP contribution in [-0.2, 0) is 32.0 Å². The maximum absolute atomic E-state index is 13.9. The number of ether oxygens (including phenoxy) is 2. The normalized spacial score (nSPS) is 31.9. The molecule has 23 heteroatoms. The molecule has 270 valence electrons. The van der Waals surface area contributed by atoms with Crippen molar-refractivity contribution in [2.75, 3.05) is 39.4 Å². The highest BCUT2D eigenvalue weighted by Crippen LogP contribution is 2.61. The van der Waals surface area contributed by atoms with E-state index in [-0.39, 0.29) is 0 Å². The number of nitrogens with zero attached hydrogens (tertiary/aromatic N) is 1. The van der Waals surface area contributed by atoms with Gasteiger partial charge in [0.2, 0.25) is 0 Å². The van der Waals surface area contributed by atoms with Gasteiger partial charge in [-0.25, -0.2) is 18.3 Å². The van der Waals surface area contributed by atoms with Crippen LogP contribution in [0.3, 0.4) is 0 Å². The monoisotopic (exact) mass is 714 g/mol. The van der Waals surface area contributed by atoms with Crippen molar-refractivity contribution in [1.82, 2.24) is 20.2 Å². The van der Waals surface area contributed by atoms with Crippen LogP contribution in [0, 0.1) is 0 Å². The van der Waals surface area contributed by atoms with Gasteiger partial charge in [0.25, 0.3) is 5.56 Å². The van der Waals surface area contributed by atoms with E-state index < -0.39 is 95.4 Å². The van der Waals surface area contributed by atoms with Gasteiger partial charge in [-0.1, -0.05) is 27.7 Å². The second-order valence-electron chi connectivity index (χ2n) is 9.55. The minimum atomic E-state index is -5.65. The molecule has 0 radical (unpaired) electrons. The molecule has 20 nitrogen and oxygen atoms in total. The summed E-state index contributed by atoms with van der Waals surface area (Å²) < 4.78 is 61.7. The molecule has 1 aromatic rings. The number of aromatic nitrogens is 2. The number of phosphoric ester groups is 2. The predicted octanol–water partition coefficient (Wildman–Crippen LogP) is -2.58. The molecule has 3 heterocycles. The van der Waals surface area contributed by atoms with Crippen molar-refractivity contribution in [2.45, 2.75) is 83.0 Å². The summed E-state index contributed by atoms with van der Waals surface area (Å²) in [5, 5.41) is 54.7. The SMILES string of the molecule is CCNCC.CCNCC.O=c1ccn([C@@H]2O[C@H](COP(=O)(O)OP(=O)(O)OC3OC(CO)C(O)C(F)C3O)[C@@H](O)[C@H]2O)c(=O)[nH]1. The zero-order valence-electron chi connectivity index (χ0n) is 25.6. The van der Waals surface area contributed by atoms with E-state index in [1.807, 2.05) is 4.98 Å². The van der Waals surface area contributed by atoms with Gasteiger partial charge in [0.15, 0.2) is 18.7 Å². The van der Waals surface area contributed by atoms with Gasteiger partial charge in [-0.3, -0.25) is 23.4 Å². The number of H-pyrrole nitrogens is 1. The highest BCUT2D eigenvalue weighted by Gasteiger charge is 2.50. The molecular weight excluding hydrogens is 669 g/mol. The van der Waals surface area contributed by atoms with E-state index in [4.69, 9.17) is 14.6 Å². The molecule has 2 saturated heterocycles. The maximum Gasteiger partial charge on any atom is 0.483 e. The van der Waals surface area contributed by atoms with E-state index in [2.05, 4.69) is 51.7 Å². The summed E-state index contributed by atoms with van der Waals surface area (Å²) in [6.45, 7) is 10.8. The Hall–Kier alpha value is -1.49. The highest BCUT2D eigenvalue weighted by molar-refractivity contribution is 7.61. The number of nitrogens with one attached hydrogen (secondary N) is 3. The van der Waals surface area contributed by atoms with Crippen molar-refractivity contribution in [3.63, 3.8) is 0 Å². The summed E-state index contributed by atoms with van der Waals surface area (Å²) in [6.07, 6.45) is -16.6. The van der Waals surface area contributed by atoms with E-state index in [9.17, 15) is 53.3 Å². The number of hydrogen-bond donors (Lipinski definition) is 10. The van der Waals surface area contributed by atoms with Crippen molar-refractivity contribution in [1.29, 1.82) is 0 Å². The van der Waals surface area contributed by atoms with Gasteiger partial charge in [-0.15, -0.1) is 0 Å². The molecule has 2 aliphatic rings. The summed E-state index contributed by atoms with van der Waals surface area (Å²) in [6, 6.07) is 0.920. The van der Waals surface area contributed by atoms with Crippen LogP contribution in [0.2, 0.25) is 0 Å². The third-order valence-corrected chi connectivity index (χ3v) is 8.71. The molecule has 11 atom stereocenters. The molecule has 0 amide bonds. The third-order valence-electron chi connectivity index (χ3n) is 6.11. The van der Waals surface area contributed by atoms with Gasteiger partial charge in [-0.2, -0.15) is 4.31 Å². The lowest BCUT2D eigenvalue weighted by Crippen LogP contribution is -2.57. The number of aliphatic hydroxyl groups excluding tert-OH is 5. The van der Waals surface area contributed by atoms with Gasteiger partial charge in [0.1, 0.15) is 36.6 Å². The van der Waals surface area contributed by atoms with Gasteiger partial charge >= 0.3 is 21.3 Å². The largest absolute Gasteiger partial charge is 0.483 e. The minimum absolute atomic E-state index is 0.713. The Bertz CT molecular complexity index is 1230. The number of aliphatic hydroxyl groups is 5. The Morgan fingerprint density at radius 2 is 1.46 bits per heavy atom. The molecular formula is C23H45FN4O16P2. The second-order valence-corrected chi connectivity index (χ2v) is 12.5. The van der Waals surface area contributed by atoms with Crippen molar-refractivity contribution in [3.8, 4) is 0 Å². The fourth-order valence-corrected chi connectivity index (χ4v) is 5.98. The van der Waals surface area contributed by atoms with Crippen LogP contribution in [0.1, 0.15) is 33.9 Å². The van der Waals surface area contributed by atoms with E-state index in [0.717, 1.165) is 38.4 Å². The Kier molecular flexibility index (Phi) is 18.6. The predicted molar refractivity (Wildman–Crippen MR) is 156 cm³/mol. The Morgan fingerprint density at radius 1 is 0.891 bits per heavy atom. The topological polar surface area (TPSA) is 301 Å². The third kappa shape index (κ3) is 13.2. The molecule has 2 fully saturated rings. The smallest absolute Gasteiger partial charge is 0.394 e. The number of hydrogen-bond acceptors (Lipinski definition) is 16. The van der Waals surface area contributed by atoms with Gasteiger partial charge in [0, 0.05) is 12.3 Å². The van der Waals surface area contributed by atoms with Crippen molar-refractivity contribution in [2.24, 2.45) is 0 Å². The van der Waals surface area contributed by atoms with Gasteiger partial charge < -0.3 is 55.4 Å². The standard InChI is InChI=1S/C15H23FN2O16P2.2C4H11N/c16-8-9(21)5(3-19)32-14(11(8)23)33-36(28,29)34-35(26,27)30-4-6-10(22)12(24)13(31-6)18-2-1-7(20)17-15(18)25;2*1-3-5-4-2/h1-2,5-6,8-14,19,21-24H,3-4H2,(H,26,27)(H,28,29)(H,17,20,25);2*5H,3-4H2,1-2H3/t5?,6-,8?,9?,10-,11?,12-,13-,14?;;/m1../s1. The second kappa shape index (κ2) is 20.1. The summed E-state index contributed by atoms with van der Waals surface area (Å²) in [5.41, 5.74) is -1.76. The van der Waals surface area contributed by atoms with E-state index in [1.165, 1.54) is 0 Å². The number of halogens is 1. The van der Waals surface area contributed by atoms with Crippen LogP contribution < -0.4 is 21.9 Å². The van der Waals surface area contributed by atoms with Crippen molar-refractivity contribution < 1.29 is 71.7 Å². The van der Waals surface area contributed by atoms with Gasteiger partial charge in [-0.05, 0) is 26.2 Å². The van der Waals surface area contributed by atoms with Gasteiger partial charge in [0.05, 0.1) is 13.2 Å². The zero-order chi connectivity index (χ0) is 35.2. The fraction of sp³-hybridized carbons (Fsp3) is 0.826. The first-order valence-electron chi connectivity index (χ1n) is 14.2. The molecule has 2 aliphatic heterocycles. The Labute approximate surface area is 263 Å². The molecule has 3 rings (SSSR count). The Morgan fingerprint density at radius 3 is 1.93 bits per heavy atom. The zero-order valence-corrected chi connectivity index (χ0v) is 27.4. The average Bonchev–Trinajstić information content (AvgIpc) is 3.26. The lowest BCUT2D eigenvalue weighted by Gasteiger charge is -2.38. The first-order chi connectivity index (χ1) is 21.5. The van der Waals surface area contributed by atoms with E-state index >= 15 is 0 Å². The summed E-state index contributed by atoms with van der Waals surface area (Å²) in [5.74, 6) is 0. The van der Waals surface area contributed by atoms with Crippen LogP contribution in [0.15, 0.2) is 21.9 Å². The summed E-state index contributed by atoms with van der Waals surface area (Å²) in [4.78, 5) is 44.4. The molecule has 7 unspecified atom stereocenters. The molecule has 0 bridgehead atoms. The lowest BCUT2D eigenvalue weighted by atomic mass is 10.0. The molecule has 10 N–H and O–H groups in total. The van der Waals surface area contributed by atoms with Crippen LogP contribution in [0.25, 0.3) is 0 Å². The summed E-state index contributed by atoms with van der Waals surface area (Å²) >= 11 is 0. The number of rotatable bonds is 13. The van der Waals surface area contributed by atoms with Crippen LogP contribution in [0.4, 0.5) is 4.39 Å². The van der Waals surface area contributed by atoms with Crippen LogP contribution in [0.5, 0.6) is 0 Å². The first-order valence-corrected chi connectivity index (χ1v) is 17.2. The average molecular weight is 715 g/mol. The molecule has 46 heavy (non-hydrogen) atoms. The van der Waals surface area contributed by atoms with Crippen LogP contribution >= 0.6 is 15.6 Å². The first kappa shape index (κ1) is 42.5. The van der Waals surface area contributed by atoms with Crippen molar-refractivity contribution >= 4 is 15.6 Å². The molecule has 0 aromatic carbocycles. The highest BCUT2D eigenvalue weighted by atomic mass is 31.3. The van der Waals surface area contributed by atoms with E-state index in [1.54, 1.807) is 0 Å².